The first-order valence-electron chi connectivity index (χ1n) is 6.53. The first-order valence-corrected chi connectivity index (χ1v) is 6.53. The third-order valence-electron chi connectivity index (χ3n) is 2.70. The number of carbonyl (C=O) groups excluding carboxylic acids is 1. The topological polar surface area (TPSA) is 59.3 Å². The van der Waals surface area contributed by atoms with Crippen LogP contribution in [-0.4, -0.2) is 19.2 Å². The van der Waals surface area contributed by atoms with Crippen LogP contribution in [0.4, 0.5) is 0 Å². The Morgan fingerprint density at radius 1 is 1.37 bits per heavy atom. The summed E-state index contributed by atoms with van der Waals surface area (Å²) >= 11 is 0. The van der Waals surface area contributed by atoms with E-state index in [1.807, 2.05) is 13.0 Å². The molecule has 4 nitrogen and oxygen atoms in total. The Kier molecular flexibility index (Phi) is 6.45. The molecule has 1 aromatic rings. The Morgan fingerprint density at radius 2 is 2.16 bits per heavy atom. The quantitative estimate of drug-likeness (QED) is 0.559. The molecule has 0 saturated carbocycles. The van der Waals surface area contributed by atoms with E-state index >= 15 is 0 Å². The van der Waals surface area contributed by atoms with E-state index in [2.05, 4.69) is 6.07 Å². The molecular formula is C15H19NO3. The smallest absolute Gasteiger partial charge is 0.305 e. The maximum Gasteiger partial charge on any atom is 0.305 e. The van der Waals surface area contributed by atoms with Gasteiger partial charge >= 0.3 is 5.97 Å². The second kappa shape index (κ2) is 8.15. The maximum atomic E-state index is 11.2. The fourth-order valence-electron chi connectivity index (χ4n) is 1.80. The summed E-state index contributed by atoms with van der Waals surface area (Å²) in [5.41, 5.74) is 1.56. The van der Waals surface area contributed by atoms with Crippen LogP contribution in [0.2, 0.25) is 0 Å². The highest BCUT2D eigenvalue weighted by molar-refractivity contribution is 5.69. The number of ether oxygens (including phenoxy) is 2. The molecule has 1 aromatic carbocycles. The number of benzene rings is 1. The van der Waals surface area contributed by atoms with Crippen molar-refractivity contribution in [3.05, 3.63) is 29.3 Å². The van der Waals surface area contributed by atoms with E-state index in [9.17, 15) is 4.79 Å². The van der Waals surface area contributed by atoms with Gasteiger partial charge in [0.25, 0.3) is 0 Å². The third kappa shape index (κ3) is 4.63. The summed E-state index contributed by atoms with van der Waals surface area (Å²) < 4.78 is 10.5. The molecule has 19 heavy (non-hydrogen) atoms. The predicted molar refractivity (Wildman–Crippen MR) is 71.9 cm³/mol. The molecule has 0 bridgehead atoms. The lowest BCUT2D eigenvalue weighted by Gasteiger charge is -2.11. The molecule has 0 amide bonds. The number of rotatable bonds is 7. The van der Waals surface area contributed by atoms with Crippen LogP contribution in [0.3, 0.4) is 0 Å². The molecule has 0 saturated heterocycles. The molecule has 0 aliphatic rings. The van der Waals surface area contributed by atoms with Gasteiger partial charge in [-0.1, -0.05) is 13.0 Å². The molecule has 0 atom stereocenters. The summed E-state index contributed by atoms with van der Waals surface area (Å²) in [5, 5.41) is 9.01. The SMILES string of the molecule is CCOC(=O)CCCOc1cccc(C#N)c1CC. The summed E-state index contributed by atoms with van der Waals surface area (Å²) in [6.07, 6.45) is 1.71. The normalized spacial score (nSPS) is 9.74. The van der Waals surface area contributed by atoms with Crippen molar-refractivity contribution in [2.24, 2.45) is 0 Å². The molecule has 0 aliphatic heterocycles. The van der Waals surface area contributed by atoms with Gasteiger partial charge in [-0.2, -0.15) is 5.26 Å². The van der Waals surface area contributed by atoms with Crippen LogP contribution >= 0.6 is 0 Å². The molecule has 0 radical (unpaired) electrons. The van der Waals surface area contributed by atoms with Crippen LogP contribution in [0.25, 0.3) is 0 Å². The Morgan fingerprint density at radius 3 is 2.79 bits per heavy atom. The van der Waals surface area contributed by atoms with Gasteiger partial charge in [0.2, 0.25) is 0 Å². The summed E-state index contributed by atoms with van der Waals surface area (Å²) in [7, 11) is 0. The van der Waals surface area contributed by atoms with Gasteiger partial charge in [-0.25, -0.2) is 0 Å². The third-order valence-corrected chi connectivity index (χ3v) is 2.70. The van der Waals surface area contributed by atoms with Crippen LogP contribution in [0.1, 0.15) is 37.8 Å². The van der Waals surface area contributed by atoms with Crippen LogP contribution in [0.5, 0.6) is 5.75 Å². The van der Waals surface area contributed by atoms with E-state index in [0.717, 1.165) is 17.7 Å². The highest BCUT2D eigenvalue weighted by Gasteiger charge is 2.08. The number of carbonyl (C=O) groups is 1. The first kappa shape index (κ1) is 15.0. The molecular weight excluding hydrogens is 242 g/mol. The van der Waals surface area contributed by atoms with E-state index in [1.165, 1.54) is 0 Å². The molecule has 1 rings (SSSR count). The summed E-state index contributed by atoms with van der Waals surface area (Å²) in [5.74, 6) is 0.526. The van der Waals surface area contributed by atoms with Crippen molar-refractivity contribution in [2.45, 2.75) is 33.1 Å². The molecule has 0 spiro atoms. The molecule has 0 unspecified atom stereocenters. The number of nitrogens with zero attached hydrogens (tertiary/aromatic N) is 1. The summed E-state index contributed by atoms with van der Waals surface area (Å²) in [6.45, 7) is 4.63. The Labute approximate surface area is 113 Å². The van der Waals surface area contributed by atoms with Crippen LogP contribution in [0, 0.1) is 11.3 Å². The van der Waals surface area contributed by atoms with Crippen molar-refractivity contribution in [1.29, 1.82) is 5.26 Å². The Balaban J connectivity index is 2.50. The highest BCUT2D eigenvalue weighted by atomic mass is 16.5. The standard InChI is InChI=1S/C15H19NO3/c1-3-13-12(11-16)7-5-8-14(13)19-10-6-9-15(17)18-4-2/h5,7-8H,3-4,6,9-10H2,1-2H3. The fourth-order valence-corrected chi connectivity index (χ4v) is 1.80. The van der Waals surface area contributed by atoms with Crippen molar-refractivity contribution in [2.75, 3.05) is 13.2 Å². The van der Waals surface area contributed by atoms with Gasteiger partial charge in [0.15, 0.2) is 0 Å². The Bertz CT molecular complexity index is 463. The van der Waals surface area contributed by atoms with Gasteiger partial charge in [-0.05, 0) is 31.9 Å². The zero-order valence-corrected chi connectivity index (χ0v) is 11.4. The van der Waals surface area contributed by atoms with Crippen LogP contribution in [-0.2, 0) is 16.0 Å². The van der Waals surface area contributed by atoms with Crippen molar-refractivity contribution in [3.8, 4) is 11.8 Å². The van der Waals surface area contributed by atoms with Gasteiger partial charge < -0.3 is 9.47 Å². The minimum Gasteiger partial charge on any atom is -0.493 e. The highest BCUT2D eigenvalue weighted by Crippen LogP contribution is 2.22. The van der Waals surface area contributed by atoms with E-state index < -0.39 is 0 Å². The second-order valence-corrected chi connectivity index (χ2v) is 4.00. The van der Waals surface area contributed by atoms with E-state index in [4.69, 9.17) is 14.7 Å². The van der Waals surface area contributed by atoms with Crippen molar-refractivity contribution in [1.82, 2.24) is 0 Å². The average Bonchev–Trinajstić information content (AvgIpc) is 2.43. The van der Waals surface area contributed by atoms with Crippen molar-refractivity contribution in [3.63, 3.8) is 0 Å². The van der Waals surface area contributed by atoms with Gasteiger partial charge in [-0.15, -0.1) is 0 Å². The van der Waals surface area contributed by atoms with Gasteiger partial charge in [0.1, 0.15) is 5.75 Å². The average molecular weight is 261 g/mol. The molecule has 102 valence electrons. The Hall–Kier alpha value is -2.02. The number of esters is 1. The van der Waals surface area contributed by atoms with Crippen molar-refractivity contribution >= 4 is 5.97 Å². The second-order valence-electron chi connectivity index (χ2n) is 4.00. The molecule has 0 N–H and O–H groups in total. The van der Waals surface area contributed by atoms with Gasteiger partial charge in [0.05, 0.1) is 24.8 Å². The van der Waals surface area contributed by atoms with Crippen molar-refractivity contribution < 1.29 is 14.3 Å². The minimum absolute atomic E-state index is 0.201. The van der Waals surface area contributed by atoms with E-state index in [0.29, 0.717) is 31.6 Å². The van der Waals surface area contributed by atoms with Gasteiger partial charge in [-0.3, -0.25) is 4.79 Å². The number of hydrogen-bond acceptors (Lipinski definition) is 4. The van der Waals surface area contributed by atoms with Crippen LogP contribution in [0.15, 0.2) is 18.2 Å². The molecule has 0 aromatic heterocycles. The largest absolute Gasteiger partial charge is 0.493 e. The minimum atomic E-state index is -0.201. The summed E-state index contributed by atoms with van der Waals surface area (Å²) in [4.78, 5) is 11.2. The first-order chi connectivity index (χ1) is 9.22. The fraction of sp³-hybridized carbons (Fsp3) is 0.467. The van der Waals surface area contributed by atoms with E-state index in [1.54, 1.807) is 19.1 Å². The lowest BCUT2D eigenvalue weighted by Crippen LogP contribution is -2.07. The summed E-state index contributed by atoms with van der Waals surface area (Å²) in [6, 6.07) is 7.60. The lowest BCUT2D eigenvalue weighted by atomic mass is 10.1. The predicted octanol–water partition coefficient (Wildman–Crippen LogP) is 2.84. The zero-order chi connectivity index (χ0) is 14.1. The zero-order valence-electron chi connectivity index (χ0n) is 11.4. The lowest BCUT2D eigenvalue weighted by molar-refractivity contribution is -0.143. The van der Waals surface area contributed by atoms with Gasteiger partial charge in [0, 0.05) is 12.0 Å². The molecule has 0 fully saturated rings. The van der Waals surface area contributed by atoms with E-state index in [-0.39, 0.29) is 5.97 Å². The van der Waals surface area contributed by atoms with Crippen LogP contribution < -0.4 is 4.74 Å². The number of nitriles is 1. The maximum absolute atomic E-state index is 11.2. The molecule has 0 heterocycles. The number of hydrogen-bond donors (Lipinski definition) is 0. The monoisotopic (exact) mass is 261 g/mol. The molecule has 0 aliphatic carbocycles. The molecule has 4 heteroatoms.